The van der Waals surface area contributed by atoms with Crippen LogP contribution in [0, 0.1) is 10.1 Å². The summed E-state index contributed by atoms with van der Waals surface area (Å²) in [5.74, 6) is 0. The van der Waals surface area contributed by atoms with Gasteiger partial charge in [-0.1, -0.05) is 17.2 Å². The third kappa shape index (κ3) is 1.51. The number of aromatic nitrogens is 1. The predicted molar refractivity (Wildman–Crippen MR) is 57.2 cm³/mol. The second-order valence-corrected chi connectivity index (χ2v) is 2.95. The Bertz CT molecular complexity index is 577. The Morgan fingerprint density at radius 2 is 2.25 bits per heavy atom. The number of nitrogens with zero attached hydrogens (tertiary/aromatic N) is 5. The number of non-ortho nitro benzene ring substituents is 1. The van der Waals surface area contributed by atoms with Gasteiger partial charge in [-0.2, -0.15) is 0 Å². The van der Waals surface area contributed by atoms with Crippen LogP contribution in [0.1, 0.15) is 0 Å². The number of nitro groups is 1. The molecule has 2 aromatic rings. The van der Waals surface area contributed by atoms with Gasteiger partial charge in [0.25, 0.3) is 5.69 Å². The van der Waals surface area contributed by atoms with Gasteiger partial charge in [-0.25, -0.2) is 4.98 Å². The smallest absolute Gasteiger partial charge is 0.258 e. The molecule has 2 rings (SSSR count). The van der Waals surface area contributed by atoms with Crippen molar-refractivity contribution in [3.05, 3.63) is 51.0 Å². The molecular formula is C9H5N5O2. The van der Waals surface area contributed by atoms with Crippen LogP contribution in [-0.2, 0) is 0 Å². The summed E-state index contributed by atoms with van der Waals surface area (Å²) in [4.78, 5) is 16.8. The number of rotatable bonds is 2. The SMILES string of the molecule is [N-]=[N+]=Nc1ccnc2c([N+](=O)[O-])cccc12. The summed E-state index contributed by atoms with van der Waals surface area (Å²) < 4.78 is 0. The van der Waals surface area contributed by atoms with E-state index in [1.54, 1.807) is 6.07 Å². The van der Waals surface area contributed by atoms with Crippen molar-refractivity contribution in [3.8, 4) is 0 Å². The maximum Gasteiger partial charge on any atom is 0.295 e. The lowest BCUT2D eigenvalue weighted by atomic mass is 10.1. The van der Waals surface area contributed by atoms with E-state index in [1.807, 2.05) is 0 Å². The van der Waals surface area contributed by atoms with Gasteiger partial charge in [-0.3, -0.25) is 10.1 Å². The molecule has 1 aromatic heterocycles. The average molecular weight is 215 g/mol. The van der Waals surface area contributed by atoms with E-state index >= 15 is 0 Å². The summed E-state index contributed by atoms with van der Waals surface area (Å²) in [5, 5.41) is 14.7. The van der Waals surface area contributed by atoms with Crippen LogP contribution in [0.25, 0.3) is 21.3 Å². The minimum Gasteiger partial charge on any atom is -0.258 e. The van der Waals surface area contributed by atoms with Gasteiger partial charge in [0, 0.05) is 28.2 Å². The van der Waals surface area contributed by atoms with Crippen molar-refractivity contribution in [1.29, 1.82) is 0 Å². The quantitative estimate of drug-likeness (QED) is 0.252. The number of hydrogen-bond donors (Lipinski definition) is 0. The Labute approximate surface area is 89.1 Å². The minimum absolute atomic E-state index is 0.104. The van der Waals surface area contributed by atoms with Crippen LogP contribution in [0.15, 0.2) is 35.6 Å². The Kier molecular flexibility index (Phi) is 2.37. The molecule has 0 radical (unpaired) electrons. The summed E-state index contributed by atoms with van der Waals surface area (Å²) in [5.41, 5.74) is 8.81. The minimum atomic E-state index is -0.519. The third-order valence-corrected chi connectivity index (χ3v) is 2.08. The molecule has 0 aliphatic heterocycles. The summed E-state index contributed by atoms with van der Waals surface area (Å²) in [6, 6.07) is 6.01. The summed E-state index contributed by atoms with van der Waals surface area (Å²) >= 11 is 0. The molecule has 0 aliphatic rings. The molecule has 0 spiro atoms. The molecule has 0 atom stereocenters. The van der Waals surface area contributed by atoms with Crippen LogP contribution < -0.4 is 0 Å². The van der Waals surface area contributed by atoms with Crippen molar-refractivity contribution in [2.45, 2.75) is 0 Å². The zero-order valence-electron chi connectivity index (χ0n) is 7.94. The first-order valence-electron chi connectivity index (χ1n) is 4.31. The first-order valence-corrected chi connectivity index (χ1v) is 4.31. The first-order chi connectivity index (χ1) is 7.74. The van der Waals surface area contributed by atoms with Crippen molar-refractivity contribution < 1.29 is 4.92 Å². The largest absolute Gasteiger partial charge is 0.295 e. The molecule has 0 N–H and O–H groups in total. The van der Waals surface area contributed by atoms with E-state index in [1.165, 1.54) is 24.4 Å². The van der Waals surface area contributed by atoms with Gasteiger partial charge < -0.3 is 0 Å². The molecule has 0 bridgehead atoms. The highest BCUT2D eigenvalue weighted by Crippen LogP contribution is 2.30. The van der Waals surface area contributed by atoms with Gasteiger partial charge in [-0.05, 0) is 11.6 Å². The Morgan fingerprint density at radius 3 is 2.94 bits per heavy atom. The van der Waals surface area contributed by atoms with Crippen molar-refractivity contribution in [3.63, 3.8) is 0 Å². The summed E-state index contributed by atoms with van der Waals surface area (Å²) in [6.07, 6.45) is 1.37. The maximum atomic E-state index is 10.7. The van der Waals surface area contributed by atoms with Crippen LogP contribution in [0.3, 0.4) is 0 Å². The Balaban J connectivity index is 2.86. The molecule has 0 aliphatic carbocycles. The molecule has 0 unspecified atom stereocenters. The highest BCUT2D eigenvalue weighted by molar-refractivity contribution is 5.94. The standard InChI is InChI=1S/C9H5N5O2/c10-13-12-7-4-5-11-9-6(7)2-1-3-8(9)14(15)16/h1-5H. The molecule has 0 saturated heterocycles. The zero-order chi connectivity index (χ0) is 11.5. The predicted octanol–water partition coefficient (Wildman–Crippen LogP) is 3.08. The van der Waals surface area contributed by atoms with Crippen molar-refractivity contribution in [2.24, 2.45) is 5.11 Å². The van der Waals surface area contributed by atoms with Gasteiger partial charge in [0.1, 0.15) is 5.52 Å². The number of para-hydroxylation sites is 1. The number of fused-ring (bicyclic) bond motifs is 1. The molecule has 7 heteroatoms. The molecule has 0 saturated carbocycles. The fourth-order valence-corrected chi connectivity index (χ4v) is 1.43. The fraction of sp³-hybridized carbons (Fsp3) is 0. The van der Waals surface area contributed by atoms with Crippen molar-refractivity contribution in [2.75, 3.05) is 0 Å². The highest BCUT2D eigenvalue weighted by atomic mass is 16.6. The molecule has 7 nitrogen and oxygen atoms in total. The normalized spacial score (nSPS) is 9.75. The van der Waals surface area contributed by atoms with E-state index in [4.69, 9.17) is 5.53 Å². The zero-order valence-corrected chi connectivity index (χ0v) is 7.94. The lowest BCUT2D eigenvalue weighted by molar-refractivity contribution is -0.383. The van der Waals surface area contributed by atoms with Crippen LogP contribution in [0.4, 0.5) is 11.4 Å². The second kappa shape index (κ2) is 3.84. The monoisotopic (exact) mass is 215 g/mol. The van der Waals surface area contributed by atoms with E-state index in [9.17, 15) is 10.1 Å². The highest BCUT2D eigenvalue weighted by Gasteiger charge is 2.13. The molecule has 0 fully saturated rings. The number of pyridine rings is 1. The fourth-order valence-electron chi connectivity index (χ4n) is 1.43. The lowest BCUT2D eigenvalue weighted by Crippen LogP contribution is -1.90. The van der Waals surface area contributed by atoms with Crippen molar-refractivity contribution >= 4 is 22.3 Å². The number of hydrogen-bond acceptors (Lipinski definition) is 4. The number of azide groups is 1. The lowest BCUT2D eigenvalue weighted by Gasteiger charge is -2.00. The van der Waals surface area contributed by atoms with E-state index in [2.05, 4.69) is 15.0 Å². The number of nitro benzene ring substituents is 1. The third-order valence-electron chi connectivity index (χ3n) is 2.08. The maximum absolute atomic E-state index is 10.7. The van der Waals surface area contributed by atoms with Gasteiger partial charge in [-0.15, -0.1) is 0 Å². The molecule has 1 aromatic carbocycles. The van der Waals surface area contributed by atoms with Crippen molar-refractivity contribution in [1.82, 2.24) is 4.98 Å². The molecule has 1 heterocycles. The van der Waals surface area contributed by atoms with E-state index in [0.717, 1.165) is 0 Å². The van der Waals surface area contributed by atoms with Crippen LogP contribution in [-0.4, -0.2) is 9.91 Å². The molecule has 78 valence electrons. The average Bonchev–Trinajstić information content (AvgIpc) is 2.29. The topological polar surface area (TPSA) is 105 Å². The van der Waals surface area contributed by atoms with Crippen LogP contribution >= 0.6 is 0 Å². The summed E-state index contributed by atoms with van der Waals surface area (Å²) in [6.45, 7) is 0. The number of benzene rings is 1. The Hall–Kier alpha value is -2.66. The van der Waals surface area contributed by atoms with Gasteiger partial charge in [0.15, 0.2) is 0 Å². The van der Waals surface area contributed by atoms with E-state index < -0.39 is 4.92 Å². The molecular weight excluding hydrogens is 210 g/mol. The molecule has 0 amide bonds. The first kappa shape index (κ1) is 9.88. The van der Waals surface area contributed by atoms with Gasteiger partial charge in [0.05, 0.1) is 4.92 Å². The van der Waals surface area contributed by atoms with Gasteiger partial charge >= 0.3 is 0 Å². The van der Waals surface area contributed by atoms with E-state index in [0.29, 0.717) is 11.1 Å². The van der Waals surface area contributed by atoms with Crippen LogP contribution in [0.2, 0.25) is 0 Å². The summed E-state index contributed by atoms with van der Waals surface area (Å²) in [7, 11) is 0. The van der Waals surface area contributed by atoms with Crippen LogP contribution in [0.5, 0.6) is 0 Å². The van der Waals surface area contributed by atoms with E-state index in [-0.39, 0.29) is 11.2 Å². The second-order valence-electron chi connectivity index (χ2n) is 2.95. The van der Waals surface area contributed by atoms with Gasteiger partial charge in [0.2, 0.25) is 0 Å². The molecule has 16 heavy (non-hydrogen) atoms. The Morgan fingerprint density at radius 1 is 1.44 bits per heavy atom.